The highest BCUT2D eigenvalue weighted by atomic mass is 32.2. The maximum absolute atomic E-state index is 9.44. The van der Waals surface area contributed by atoms with Crippen LogP contribution in [0, 0.1) is 0 Å². The van der Waals surface area contributed by atoms with E-state index in [-0.39, 0.29) is 5.75 Å². The second kappa shape index (κ2) is 8.60. The number of phenolic OH excluding ortho intramolecular Hbond substituents is 1. The Bertz CT molecular complexity index is 549. The van der Waals surface area contributed by atoms with Gasteiger partial charge in [0.05, 0.1) is 13.2 Å². The van der Waals surface area contributed by atoms with Crippen LogP contribution >= 0.6 is 11.8 Å². The van der Waals surface area contributed by atoms with Gasteiger partial charge >= 0.3 is 0 Å². The summed E-state index contributed by atoms with van der Waals surface area (Å²) in [5.41, 5.74) is 1.03. The number of tetrazole rings is 1. The van der Waals surface area contributed by atoms with E-state index in [1.807, 2.05) is 12.1 Å². The number of nitrogens with one attached hydrogen (secondary N) is 1. The van der Waals surface area contributed by atoms with Gasteiger partial charge in [-0.1, -0.05) is 23.9 Å². The van der Waals surface area contributed by atoms with Gasteiger partial charge in [-0.2, -0.15) is 0 Å². The molecule has 0 fully saturated rings. The van der Waals surface area contributed by atoms with E-state index in [1.165, 1.54) is 0 Å². The lowest BCUT2D eigenvalue weighted by Gasteiger charge is -2.06. The summed E-state index contributed by atoms with van der Waals surface area (Å²) >= 11 is 1.55. The van der Waals surface area contributed by atoms with Gasteiger partial charge < -0.3 is 15.2 Å². The quantitative estimate of drug-likeness (QED) is 0.526. The van der Waals surface area contributed by atoms with Gasteiger partial charge in [0.15, 0.2) is 0 Å². The molecule has 0 aliphatic rings. The number of benzene rings is 1. The lowest BCUT2D eigenvalue weighted by molar-refractivity contribution is 0.199. The van der Waals surface area contributed by atoms with E-state index in [0.717, 1.165) is 23.8 Å². The molecule has 1 heterocycles. The summed E-state index contributed by atoms with van der Waals surface area (Å²) in [5, 5.41) is 25.2. The number of rotatable bonds is 9. The molecule has 0 spiro atoms. The minimum absolute atomic E-state index is 0.273. The number of hydrogen-bond acceptors (Lipinski definition) is 7. The molecule has 0 unspecified atom stereocenters. The summed E-state index contributed by atoms with van der Waals surface area (Å²) < 4.78 is 6.74. The summed E-state index contributed by atoms with van der Waals surface area (Å²) in [7, 11) is 1.68. The van der Waals surface area contributed by atoms with Crippen molar-refractivity contribution in [1.82, 2.24) is 25.5 Å². The van der Waals surface area contributed by atoms with Crippen LogP contribution in [0.1, 0.15) is 5.56 Å². The molecule has 21 heavy (non-hydrogen) atoms. The zero-order chi connectivity index (χ0) is 14.9. The fraction of sp³-hybridized carbons (Fsp3) is 0.462. The van der Waals surface area contributed by atoms with Gasteiger partial charge in [0, 0.05) is 26.0 Å². The number of thioether (sulfide) groups is 1. The summed E-state index contributed by atoms with van der Waals surface area (Å²) in [4.78, 5) is 0. The first-order valence-corrected chi connectivity index (χ1v) is 7.64. The van der Waals surface area contributed by atoms with Gasteiger partial charge in [-0.15, -0.1) is 5.10 Å². The normalized spacial score (nSPS) is 10.9. The molecule has 0 atom stereocenters. The molecule has 0 saturated carbocycles. The second-order valence-electron chi connectivity index (χ2n) is 4.39. The molecule has 7 nitrogen and oxygen atoms in total. The lowest BCUT2D eigenvalue weighted by atomic mass is 10.2. The van der Waals surface area contributed by atoms with Crippen LogP contribution < -0.4 is 5.32 Å². The Morgan fingerprint density at radius 3 is 3.10 bits per heavy atom. The van der Waals surface area contributed by atoms with Gasteiger partial charge in [0.2, 0.25) is 5.16 Å². The zero-order valence-corrected chi connectivity index (χ0v) is 12.7. The fourth-order valence-electron chi connectivity index (χ4n) is 1.72. The van der Waals surface area contributed by atoms with Crippen LogP contribution in [0.4, 0.5) is 0 Å². The number of phenols is 1. The van der Waals surface area contributed by atoms with E-state index in [4.69, 9.17) is 4.74 Å². The Kier molecular flexibility index (Phi) is 6.45. The molecule has 114 valence electrons. The Morgan fingerprint density at radius 2 is 2.29 bits per heavy atom. The fourth-order valence-corrected chi connectivity index (χ4v) is 2.56. The van der Waals surface area contributed by atoms with Crippen LogP contribution in [0.25, 0.3) is 0 Å². The predicted molar refractivity (Wildman–Crippen MR) is 80.2 cm³/mol. The molecule has 0 amide bonds. The predicted octanol–water partition coefficient (Wildman–Crippen LogP) is 0.907. The molecule has 0 saturated heterocycles. The number of nitrogens with zero attached hydrogens (tertiary/aromatic N) is 4. The number of aromatic hydroxyl groups is 1. The molecule has 0 radical (unpaired) electrons. The molecule has 2 rings (SSSR count). The first-order valence-electron chi connectivity index (χ1n) is 6.66. The van der Waals surface area contributed by atoms with Crippen molar-refractivity contribution >= 4 is 11.8 Å². The van der Waals surface area contributed by atoms with Crippen molar-refractivity contribution < 1.29 is 9.84 Å². The molecule has 1 aromatic carbocycles. The van der Waals surface area contributed by atoms with Crippen LogP contribution in [-0.2, 0) is 17.0 Å². The van der Waals surface area contributed by atoms with Gasteiger partial charge in [-0.3, -0.25) is 0 Å². The average molecular weight is 309 g/mol. The first-order chi connectivity index (χ1) is 10.3. The minimum Gasteiger partial charge on any atom is -0.508 e. The number of aromatic nitrogens is 4. The van der Waals surface area contributed by atoms with Crippen molar-refractivity contribution in [2.75, 3.05) is 26.8 Å². The van der Waals surface area contributed by atoms with Crippen molar-refractivity contribution in [3.8, 4) is 5.75 Å². The van der Waals surface area contributed by atoms with Gasteiger partial charge in [0.25, 0.3) is 0 Å². The highest BCUT2D eigenvalue weighted by molar-refractivity contribution is 7.98. The maximum atomic E-state index is 9.44. The third kappa shape index (κ3) is 5.33. The van der Waals surface area contributed by atoms with E-state index < -0.39 is 0 Å². The SMILES string of the molecule is COCCNCCn1nnnc1SCc1cccc(O)c1. The molecule has 1 aromatic heterocycles. The van der Waals surface area contributed by atoms with E-state index in [1.54, 1.807) is 35.7 Å². The molecular weight excluding hydrogens is 290 g/mol. The van der Waals surface area contributed by atoms with Crippen molar-refractivity contribution in [2.45, 2.75) is 17.5 Å². The summed E-state index contributed by atoms with van der Waals surface area (Å²) in [5.74, 6) is 0.987. The van der Waals surface area contributed by atoms with Crippen LogP contribution in [0.3, 0.4) is 0 Å². The molecule has 2 N–H and O–H groups in total. The third-order valence-corrected chi connectivity index (χ3v) is 3.79. The summed E-state index contributed by atoms with van der Waals surface area (Å²) in [6, 6.07) is 7.19. The number of ether oxygens (including phenoxy) is 1. The molecular formula is C13H19N5O2S. The van der Waals surface area contributed by atoms with Gasteiger partial charge in [-0.05, 0) is 28.1 Å². The Labute approximate surface area is 127 Å². The van der Waals surface area contributed by atoms with Crippen molar-refractivity contribution in [3.05, 3.63) is 29.8 Å². The first kappa shape index (κ1) is 15.7. The van der Waals surface area contributed by atoms with Crippen LogP contribution in [0.5, 0.6) is 5.75 Å². The van der Waals surface area contributed by atoms with E-state index in [0.29, 0.717) is 18.9 Å². The maximum Gasteiger partial charge on any atom is 0.209 e. The standard InChI is InChI=1S/C13H19N5O2S/c1-20-8-6-14-5-7-18-13(15-16-17-18)21-10-11-3-2-4-12(19)9-11/h2-4,9,14,19H,5-8,10H2,1H3. The van der Waals surface area contributed by atoms with Crippen molar-refractivity contribution in [3.63, 3.8) is 0 Å². The average Bonchev–Trinajstić information content (AvgIpc) is 2.92. The van der Waals surface area contributed by atoms with E-state index >= 15 is 0 Å². The van der Waals surface area contributed by atoms with Crippen LogP contribution in [-0.4, -0.2) is 52.1 Å². The largest absolute Gasteiger partial charge is 0.508 e. The van der Waals surface area contributed by atoms with Crippen molar-refractivity contribution in [2.24, 2.45) is 0 Å². The lowest BCUT2D eigenvalue weighted by Crippen LogP contribution is -2.24. The summed E-state index contributed by atoms with van der Waals surface area (Å²) in [6.45, 7) is 2.99. The molecule has 2 aromatic rings. The van der Waals surface area contributed by atoms with Gasteiger partial charge in [0.1, 0.15) is 5.75 Å². The van der Waals surface area contributed by atoms with Gasteiger partial charge in [-0.25, -0.2) is 4.68 Å². The van der Waals surface area contributed by atoms with Crippen LogP contribution in [0.2, 0.25) is 0 Å². The third-order valence-electron chi connectivity index (χ3n) is 2.76. The summed E-state index contributed by atoms with van der Waals surface area (Å²) in [6.07, 6.45) is 0. The Morgan fingerprint density at radius 1 is 1.38 bits per heavy atom. The second-order valence-corrected chi connectivity index (χ2v) is 5.33. The van der Waals surface area contributed by atoms with Crippen LogP contribution in [0.15, 0.2) is 29.4 Å². The number of hydrogen-bond donors (Lipinski definition) is 2. The molecule has 0 aliphatic heterocycles. The minimum atomic E-state index is 0.273. The highest BCUT2D eigenvalue weighted by Gasteiger charge is 2.07. The van der Waals surface area contributed by atoms with E-state index in [9.17, 15) is 5.11 Å². The molecule has 8 heteroatoms. The topological polar surface area (TPSA) is 85.1 Å². The van der Waals surface area contributed by atoms with Crippen molar-refractivity contribution in [1.29, 1.82) is 0 Å². The molecule has 0 aliphatic carbocycles. The Hall–Kier alpha value is -1.64. The number of methoxy groups -OCH3 is 1. The Balaban J connectivity index is 1.80. The zero-order valence-electron chi connectivity index (χ0n) is 11.9. The smallest absolute Gasteiger partial charge is 0.209 e. The highest BCUT2D eigenvalue weighted by Crippen LogP contribution is 2.21. The monoisotopic (exact) mass is 309 g/mol. The molecule has 0 bridgehead atoms. The van der Waals surface area contributed by atoms with E-state index in [2.05, 4.69) is 20.8 Å².